The van der Waals surface area contributed by atoms with Crippen LogP contribution >= 0.6 is 0 Å². The fraction of sp³-hybridized carbons (Fsp3) is 0.143. The summed E-state index contributed by atoms with van der Waals surface area (Å²) in [7, 11) is 0. The Balaban J connectivity index is 1.74. The smallest absolute Gasteiger partial charge is 0.305 e. The molecule has 1 amide bonds. The summed E-state index contributed by atoms with van der Waals surface area (Å²) in [5.74, 6) is -0.175. The minimum atomic E-state index is -4.52. The highest BCUT2D eigenvalue weighted by Crippen LogP contribution is 2.36. The fourth-order valence-electron chi connectivity index (χ4n) is 3.17. The van der Waals surface area contributed by atoms with Crippen LogP contribution in [0, 0.1) is 13.8 Å². The van der Waals surface area contributed by atoms with Gasteiger partial charge in [-0.05, 0) is 44.2 Å². The summed E-state index contributed by atoms with van der Waals surface area (Å²) in [5.41, 5.74) is 1.38. The van der Waals surface area contributed by atoms with E-state index in [1.165, 1.54) is 35.0 Å². The Labute approximate surface area is 169 Å². The molecule has 1 N–H and O–H groups in total. The van der Waals surface area contributed by atoms with Crippen molar-refractivity contribution < 1.29 is 18.0 Å². The Morgan fingerprint density at radius 2 is 1.80 bits per heavy atom. The van der Waals surface area contributed by atoms with Gasteiger partial charge in [-0.2, -0.15) is 22.8 Å². The maximum Gasteiger partial charge on any atom is 0.417 e. The number of aryl methyl sites for hydroxylation is 2. The minimum absolute atomic E-state index is 0.0588. The summed E-state index contributed by atoms with van der Waals surface area (Å²) in [6.07, 6.45) is -3.12. The molecule has 0 aliphatic heterocycles. The topological polar surface area (TPSA) is 72.2 Å². The number of alkyl halides is 3. The van der Waals surface area contributed by atoms with Crippen LogP contribution in [0.25, 0.3) is 16.9 Å². The molecule has 0 aliphatic rings. The van der Waals surface area contributed by atoms with Crippen molar-refractivity contribution >= 4 is 17.4 Å². The van der Waals surface area contributed by atoms with Gasteiger partial charge in [0.25, 0.3) is 5.91 Å². The molecule has 0 bridgehead atoms. The van der Waals surface area contributed by atoms with Crippen LogP contribution in [0.3, 0.4) is 0 Å². The first kappa shape index (κ1) is 19.6. The van der Waals surface area contributed by atoms with Crippen molar-refractivity contribution in [3.05, 3.63) is 77.2 Å². The van der Waals surface area contributed by atoms with E-state index < -0.39 is 17.6 Å². The third-order valence-electron chi connectivity index (χ3n) is 4.58. The molecule has 4 aromatic rings. The molecule has 0 saturated heterocycles. The van der Waals surface area contributed by atoms with Crippen molar-refractivity contribution in [2.75, 3.05) is 5.32 Å². The lowest BCUT2D eigenvalue weighted by atomic mass is 10.0. The Hall–Kier alpha value is -3.75. The van der Waals surface area contributed by atoms with E-state index in [1.807, 2.05) is 6.92 Å². The van der Waals surface area contributed by atoms with Gasteiger partial charge in [-0.1, -0.05) is 18.2 Å². The zero-order valence-electron chi connectivity index (χ0n) is 16.0. The summed E-state index contributed by atoms with van der Waals surface area (Å²) in [6.45, 7) is 3.55. The predicted octanol–water partition coefficient (Wildman–Crippen LogP) is 4.68. The number of rotatable bonds is 3. The van der Waals surface area contributed by atoms with Crippen LogP contribution in [-0.4, -0.2) is 25.5 Å². The average Bonchev–Trinajstić information content (AvgIpc) is 3.09. The van der Waals surface area contributed by atoms with Crippen LogP contribution in [0.2, 0.25) is 0 Å². The molecule has 3 heterocycles. The number of amides is 1. The second-order valence-electron chi connectivity index (χ2n) is 6.72. The number of nitrogens with one attached hydrogen (secondary N) is 1. The molecule has 0 saturated carbocycles. The minimum Gasteiger partial charge on any atom is -0.305 e. The quantitative estimate of drug-likeness (QED) is 0.531. The van der Waals surface area contributed by atoms with Crippen LogP contribution in [0.5, 0.6) is 0 Å². The lowest BCUT2D eigenvalue weighted by molar-refractivity contribution is -0.137. The SMILES string of the molecule is Cc1ccc(C(=O)Nc2cnc3ccc(-c4ccccc4C(F)(F)F)nn23)c(C)n1. The van der Waals surface area contributed by atoms with E-state index in [-0.39, 0.29) is 17.1 Å². The number of halogens is 3. The third-order valence-corrected chi connectivity index (χ3v) is 4.58. The molecule has 0 spiro atoms. The summed E-state index contributed by atoms with van der Waals surface area (Å²) in [4.78, 5) is 21.1. The van der Waals surface area contributed by atoms with E-state index >= 15 is 0 Å². The van der Waals surface area contributed by atoms with Gasteiger partial charge < -0.3 is 5.32 Å². The van der Waals surface area contributed by atoms with E-state index in [0.717, 1.165) is 11.8 Å². The second-order valence-corrected chi connectivity index (χ2v) is 6.72. The molecule has 152 valence electrons. The highest BCUT2D eigenvalue weighted by Gasteiger charge is 2.33. The number of fused-ring (bicyclic) bond motifs is 1. The zero-order chi connectivity index (χ0) is 21.5. The molecule has 6 nitrogen and oxygen atoms in total. The van der Waals surface area contributed by atoms with Crippen molar-refractivity contribution in [3.63, 3.8) is 0 Å². The van der Waals surface area contributed by atoms with Crippen LogP contribution in [0.15, 0.2) is 54.7 Å². The monoisotopic (exact) mass is 411 g/mol. The number of hydrogen-bond acceptors (Lipinski definition) is 4. The predicted molar refractivity (Wildman–Crippen MR) is 105 cm³/mol. The van der Waals surface area contributed by atoms with E-state index in [9.17, 15) is 18.0 Å². The van der Waals surface area contributed by atoms with Gasteiger partial charge in [0.05, 0.1) is 28.7 Å². The zero-order valence-corrected chi connectivity index (χ0v) is 16.0. The van der Waals surface area contributed by atoms with Gasteiger partial charge in [-0.3, -0.25) is 9.78 Å². The van der Waals surface area contributed by atoms with Gasteiger partial charge in [0, 0.05) is 11.3 Å². The first-order valence-electron chi connectivity index (χ1n) is 9.01. The fourth-order valence-corrected chi connectivity index (χ4v) is 3.17. The maximum atomic E-state index is 13.4. The lowest BCUT2D eigenvalue weighted by Crippen LogP contribution is -2.16. The van der Waals surface area contributed by atoms with Crippen molar-refractivity contribution in [2.24, 2.45) is 0 Å². The summed E-state index contributed by atoms with van der Waals surface area (Å²) in [6, 6.07) is 11.6. The highest BCUT2D eigenvalue weighted by atomic mass is 19.4. The second kappa shape index (κ2) is 7.25. The summed E-state index contributed by atoms with van der Waals surface area (Å²) in [5, 5.41) is 6.99. The first-order valence-corrected chi connectivity index (χ1v) is 9.01. The molecule has 0 fully saturated rings. The Morgan fingerprint density at radius 1 is 1.03 bits per heavy atom. The van der Waals surface area contributed by atoms with Crippen molar-refractivity contribution in [3.8, 4) is 11.3 Å². The largest absolute Gasteiger partial charge is 0.417 e. The number of benzene rings is 1. The number of carbonyl (C=O) groups excluding carboxylic acids is 1. The van der Waals surface area contributed by atoms with E-state index in [2.05, 4.69) is 20.4 Å². The molecular weight excluding hydrogens is 395 g/mol. The molecule has 9 heteroatoms. The maximum absolute atomic E-state index is 13.4. The molecule has 0 atom stereocenters. The Morgan fingerprint density at radius 3 is 2.53 bits per heavy atom. The van der Waals surface area contributed by atoms with Gasteiger partial charge in [0.15, 0.2) is 11.5 Å². The third kappa shape index (κ3) is 3.61. The molecule has 4 rings (SSSR count). The van der Waals surface area contributed by atoms with Gasteiger partial charge in [0.2, 0.25) is 0 Å². The van der Waals surface area contributed by atoms with Crippen LogP contribution in [-0.2, 0) is 6.18 Å². The van der Waals surface area contributed by atoms with E-state index in [4.69, 9.17) is 0 Å². The molecule has 3 aromatic heterocycles. The number of pyridine rings is 1. The number of carbonyl (C=O) groups is 1. The van der Waals surface area contributed by atoms with E-state index in [0.29, 0.717) is 16.9 Å². The summed E-state index contributed by atoms with van der Waals surface area (Å²) >= 11 is 0. The molecule has 1 aromatic carbocycles. The normalized spacial score (nSPS) is 11.6. The Kier molecular flexibility index (Phi) is 4.73. The number of imidazole rings is 1. The van der Waals surface area contributed by atoms with Gasteiger partial charge >= 0.3 is 6.18 Å². The first-order chi connectivity index (χ1) is 14.2. The standard InChI is InChI=1S/C21H16F3N5O/c1-12-7-8-14(13(2)26-12)20(30)27-19-11-25-18-10-9-17(28-29(18)19)15-5-3-4-6-16(15)21(22,23)24/h3-11H,1-2H3,(H,27,30). The Bertz CT molecular complexity index is 1260. The molecule has 30 heavy (non-hydrogen) atoms. The number of anilines is 1. The highest BCUT2D eigenvalue weighted by molar-refractivity contribution is 6.04. The average molecular weight is 411 g/mol. The number of aromatic nitrogens is 4. The van der Waals surface area contributed by atoms with Crippen molar-refractivity contribution in [2.45, 2.75) is 20.0 Å². The van der Waals surface area contributed by atoms with Gasteiger partial charge in [0.1, 0.15) is 0 Å². The van der Waals surface area contributed by atoms with Crippen molar-refractivity contribution in [1.29, 1.82) is 0 Å². The van der Waals surface area contributed by atoms with Crippen molar-refractivity contribution in [1.82, 2.24) is 19.6 Å². The van der Waals surface area contributed by atoms with Crippen LogP contribution in [0.1, 0.15) is 27.3 Å². The van der Waals surface area contributed by atoms with Gasteiger partial charge in [-0.25, -0.2) is 4.98 Å². The van der Waals surface area contributed by atoms with Crippen LogP contribution < -0.4 is 5.32 Å². The molecule has 0 unspecified atom stereocenters. The van der Waals surface area contributed by atoms with Gasteiger partial charge in [-0.15, -0.1) is 0 Å². The summed E-state index contributed by atoms with van der Waals surface area (Å²) < 4.78 is 41.5. The molecule has 0 radical (unpaired) electrons. The molecule has 0 aliphatic carbocycles. The van der Waals surface area contributed by atoms with E-state index in [1.54, 1.807) is 25.1 Å². The lowest BCUT2D eigenvalue weighted by Gasteiger charge is -2.12. The van der Waals surface area contributed by atoms with Crippen LogP contribution in [0.4, 0.5) is 19.0 Å². The number of nitrogens with zero attached hydrogens (tertiary/aromatic N) is 4. The molecular formula is C21H16F3N5O. The number of hydrogen-bond donors (Lipinski definition) is 1.